The number of H-pyrrole nitrogens is 1. The summed E-state index contributed by atoms with van der Waals surface area (Å²) in [4.78, 5) is 14.1. The molecule has 0 saturated carbocycles. The molecule has 2 bridgehead atoms. The highest BCUT2D eigenvalue weighted by molar-refractivity contribution is 5.88. The topological polar surface area (TPSA) is 54.0 Å². The SMILES string of the molecule is c1nc(N2C3COCC2C3)c2cc[nH]c2n1. The monoisotopic (exact) mass is 216 g/mol. The maximum Gasteiger partial charge on any atom is 0.142 e. The molecule has 0 radical (unpaired) electrons. The van der Waals surface area contributed by atoms with Crippen LogP contribution in [0.1, 0.15) is 6.42 Å². The quantitative estimate of drug-likeness (QED) is 0.770. The number of fused-ring (bicyclic) bond motifs is 3. The fourth-order valence-corrected chi connectivity index (χ4v) is 2.75. The zero-order valence-corrected chi connectivity index (χ0v) is 8.76. The van der Waals surface area contributed by atoms with Crippen LogP contribution in [0.4, 0.5) is 5.82 Å². The van der Waals surface area contributed by atoms with Crippen LogP contribution in [0.3, 0.4) is 0 Å². The van der Waals surface area contributed by atoms with Crippen LogP contribution in [0.2, 0.25) is 0 Å². The van der Waals surface area contributed by atoms with Crippen LogP contribution in [-0.2, 0) is 4.74 Å². The summed E-state index contributed by atoms with van der Waals surface area (Å²) in [6, 6.07) is 3.05. The first-order chi connectivity index (χ1) is 7.93. The van der Waals surface area contributed by atoms with E-state index < -0.39 is 0 Å². The van der Waals surface area contributed by atoms with Gasteiger partial charge in [-0.05, 0) is 12.5 Å². The van der Waals surface area contributed by atoms with Gasteiger partial charge in [0, 0.05) is 6.20 Å². The van der Waals surface area contributed by atoms with E-state index >= 15 is 0 Å². The first-order valence-corrected chi connectivity index (χ1v) is 5.57. The van der Waals surface area contributed by atoms with Crippen molar-refractivity contribution in [2.45, 2.75) is 18.5 Å². The van der Waals surface area contributed by atoms with Gasteiger partial charge in [0.25, 0.3) is 0 Å². The Morgan fingerprint density at radius 2 is 2.19 bits per heavy atom. The smallest absolute Gasteiger partial charge is 0.142 e. The van der Waals surface area contributed by atoms with Crippen molar-refractivity contribution in [3.63, 3.8) is 0 Å². The van der Waals surface area contributed by atoms with E-state index in [4.69, 9.17) is 4.74 Å². The van der Waals surface area contributed by atoms with Crippen molar-refractivity contribution in [2.24, 2.45) is 0 Å². The molecule has 2 aromatic heterocycles. The molecule has 2 atom stereocenters. The Kier molecular flexibility index (Phi) is 1.57. The fraction of sp³-hybridized carbons (Fsp3) is 0.455. The second-order valence-corrected chi connectivity index (χ2v) is 4.43. The molecule has 4 heterocycles. The maximum absolute atomic E-state index is 5.48. The van der Waals surface area contributed by atoms with Crippen molar-refractivity contribution in [3.05, 3.63) is 18.6 Å². The van der Waals surface area contributed by atoms with Crippen LogP contribution in [0, 0.1) is 0 Å². The van der Waals surface area contributed by atoms with E-state index in [-0.39, 0.29) is 0 Å². The second-order valence-electron chi connectivity index (χ2n) is 4.43. The highest BCUT2D eigenvalue weighted by atomic mass is 16.5. The lowest BCUT2D eigenvalue weighted by molar-refractivity contribution is 0.00991. The third kappa shape index (κ3) is 0.983. The van der Waals surface area contributed by atoms with E-state index in [2.05, 4.69) is 19.9 Å². The third-order valence-electron chi connectivity index (χ3n) is 3.53. The molecule has 5 nitrogen and oxygen atoms in total. The molecule has 82 valence electrons. The molecule has 0 aliphatic carbocycles. The minimum absolute atomic E-state index is 0.506. The van der Waals surface area contributed by atoms with Crippen molar-refractivity contribution in [1.29, 1.82) is 0 Å². The van der Waals surface area contributed by atoms with Crippen LogP contribution in [0.25, 0.3) is 11.0 Å². The van der Waals surface area contributed by atoms with Gasteiger partial charge in [-0.3, -0.25) is 0 Å². The summed E-state index contributed by atoms with van der Waals surface area (Å²) in [6.07, 6.45) is 4.77. The predicted octanol–water partition coefficient (Wildman–Crippen LogP) is 0.935. The standard InChI is InChI=1S/C11H12N4O/c1-2-12-10-9(1)11(14-6-13-10)15-7-3-8(15)5-16-4-7/h1-2,6-8H,3-5H2,(H,12,13,14). The number of hydrogen-bond acceptors (Lipinski definition) is 4. The molecular weight excluding hydrogens is 204 g/mol. The Morgan fingerprint density at radius 3 is 3.00 bits per heavy atom. The molecule has 0 spiro atoms. The van der Waals surface area contributed by atoms with Gasteiger partial charge in [0.2, 0.25) is 0 Å². The Bertz CT molecular complexity index is 524. The Labute approximate surface area is 92.4 Å². The molecule has 2 aromatic rings. The zero-order chi connectivity index (χ0) is 10.5. The molecule has 2 aliphatic heterocycles. The van der Waals surface area contributed by atoms with E-state index in [0.717, 1.165) is 30.1 Å². The predicted molar refractivity (Wildman–Crippen MR) is 59.4 cm³/mol. The number of aromatic nitrogens is 3. The van der Waals surface area contributed by atoms with Gasteiger partial charge < -0.3 is 14.6 Å². The normalized spacial score (nSPS) is 28.1. The molecule has 2 unspecified atom stereocenters. The lowest BCUT2D eigenvalue weighted by atomic mass is 9.91. The van der Waals surface area contributed by atoms with Gasteiger partial charge in [0.05, 0.1) is 30.7 Å². The van der Waals surface area contributed by atoms with E-state index in [9.17, 15) is 0 Å². The van der Waals surface area contributed by atoms with Crippen LogP contribution in [0.15, 0.2) is 18.6 Å². The first kappa shape index (κ1) is 8.52. The summed E-state index contributed by atoms with van der Waals surface area (Å²) in [5.74, 6) is 1.05. The molecule has 5 heteroatoms. The third-order valence-corrected chi connectivity index (χ3v) is 3.53. The van der Waals surface area contributed by atoms with Gasteiger partial charge in [-0.25, -0.2) is 9.97 Å². The Hall–Kier alpha value is -1.62. The van der Waals surface area contributed by atoms with Crippen molar-refractivity contribution >= 4 is 16.9 Å². The lowest BCUT2D eigenvalue weighted by Crippen LogP contribution is -2.64. The summed E-state index contributed by atoms with van der Waals surface area (Å²) in [7, 11) is 0. The van der Waals surface area contributed by atoms with Gasteiger partial charge in [0.1, 0.15) is 17.8 Å². The fourth-order valence-electron chi connectivity index (χ4n) is 2.75. The van der Waals surface area contributed by atoms with Crippen molar-refractivity contribution < 1.29 is 4.74 Å². The largest absolute Gasteiger partial charge is 0.377 e. The minimum atomic E-state index is 0.506. The molecular formula is C11H12N4O. The number of nitrogens with one attached hydrogen (secondary N) is 1. The van der Waals surface area contributed by atoms with Crippen LogP contribution in [-0.4, -0.2) is 40.2 Å². The summed E-state index contributed by atoms with van der Waals surface area (Å²) in [5, 5.41) is 1.11. The number of aromatic amines is 1. The maximum atomic E-state index is 5.48. The lowest BCUT2D eigenvalue weighted by Gasteiger charge is -2.53. The van der Waals surface area contributed by atoms with E-state index in [0.29, 0.717) is 12.1 Å². The minimum Gasteiger partial charge on any atom is -0.377 e. The molecule has 0 amide bonds. The average Bonchev–Trinajstić information content (AvgIpc) is 2.79. The highest BCUT2D eigenvalue weighted by Gasteiger charge is 2.43. The van der Waals surface area contributed by atoms with Gasteiger partial charge >= 0.3 is 0 Å². The number of ether oxygens (including phenoxy) is 1. The molecule has 4 rings (SSSR count). The van der Waals surface area contributed by atoms with Crippen LogP contribution >= 0.6 is 0 Å². The van der Waals surface area contributed by atoms with Gasteiger partial charge in [-0.2, -0.15) is 0 Å². The summed E-state index contributed by atoms with van der Waals surface area (Å²) in [6.45, 7) is 1.65. The van der Waals surface area contributed by atoms with E-state index in [1.165, 1.54) is 6.42 Å². The van der Waals surface area contributed by atoms with Crippen molar-refractivity contribution in [3.8, 4) is 0 Å². The number of nitrogens with zero attached hydrogens (tertiary/aromatic N) is 3. The number of hydrogen-bond donors (Lipinski definition) is 1. The molecule has 2 aliphatic rings. The highest BCUT2D eigenvalue weighted by Crippen LogP contribution is 2.37. The molecule has 2 saturated heterocycles. The number of rotatable bonds is 1. The van der Waals surface area contributed by atoms with Gasteiger partial charge in [-0.1, -0.05) is 0 Å². The Morgan fingerprint density at radius 1 is 1.31 bits per heavy atom. The van der Waals surface area contributed by atoms with Crippen LogP contribution in [0.5, 0.6) is 0 Å². The zero-order valence-electron chi connectivity index (χ0n) is 8.76. The van der Waals surface area contributed by atoms with Crippen molar-refractivity contribution in [1.82, 2.24) is 15.0 Å². The summed E-state index contributed by atoms with van der Waals surface area (Å²) >= 11 is 0. The first-order valence-electron chi connectivity index (χ1n) is 5.57. The van der Waals surface area contributed by atoms with E-state index in [1.54, 1.807) is 6.33 Å². The molecule has 2 fully saturated rings. The molecule has 0 aromatic carbocycles. The van der Waals surface area contributed by atoms with Crippen molar-refractivity contribution in [2.75, 3.05) is 18.1 Å². The van der Waals surface area contributed by atoms with E-state index in [1.807, 2.05) is 12.3 Å². The molecule has 16 heavy (non-hydrogen) atoms. The summed E-state index contributed by atoms with van der Waals surface area (Å²) < 4.78 is 5.48. The molecule has 1 N–H and O–H groups in total. The van der Waals surface area contributed by atoms with Crippen LogP contribution < -0.4 is 4.90 Å². The van der Waals surface area contributed by atoms with Gasteiger partial charge in [-0.15, -0.1) is 0 Å². The number of morpholine rings is 1. The summed E-state index contributed by atoms with van der Waals surface area (Å²) in [5.41, 5.74) is 0.913. The Balaban J connectivity index is 1.84. The second kappa shape index (κ2) is 2.95. The van der Waals surface area contributed by atoms with Gasteiger partial charge in [0.15, 0.2) is 0 Å². The number of anilines is 1. The average molecular weight is 216 g/mol.